The fourth-order valence-corrected chi connectivity index (χ4v) is 6.44. The van der Waals surface area contributed by atoms with E-state index in [4.69, 9.17) is 0 Å². The predicted octanol–water partition coefficient (Wildman–Crippen LogP) is 6.15. The van der Waals surface area contributed by atoms with Crippen LogP contribution in [0.1, 0.15) is 131 Å². The van der Waals surface area contributed by atoms with E-state index in [0.29, 0.717) is 6.42 Å². The maximum absolute atomic E-state index is 13.6. The van der Waals surface area contributed by atoms with E-state index in [-0.39, 0.29) is 35.2 Å². The molecule has 1 atom stereocenters. The molecule has 2 rings (SSSR count). The SMILES string of the molecule is CCCCCCCCCCCCC1(C2CC(C)(C)NC(C)(C)C2)CC(=O)N(C(C)=O)C1=O. The predicted molar refractivity (Wildman–Crippen MR) is 130 cm³/mol. The average molecular weight is 449 g/mol. The Morgan fingerprint density at radius 1 is 0.875 bits per heavy atom. The largest absolute Gasteiger partial charge is 0.307 e. The van der Waals surface area contributed by atoms with Gasteiger partial charge in [0.1, 0.15) is 0 Å². The highest BCUT2D eigenvalue weighted by molar-refractivity contribution is 6.17. The highest BCUT2D eigenvalue weighted by Crippen LogP contribution is 2.51. The minimum atomic E-state index is -0.723. The molecule has 5 heteroatoms. The first-order valence-corrected chi connectivity index (χ1v) is 13.1. The fraction of sp³-hybridized carbons (Fsp3) is 0.889. The lowest BCUT2D eigenvalue weighted by Gasteiger charge is -2.51. The van der Waals surface area contributed by atoms with Gasteiger partial charge in [-0.2, -0.15) is 0 Å². The van der Waals surface area contributed by atoms with Gasteiger partial charge in [-0.25, -0.2) is 4.90 Å². The molecule has 2 saturated heterocycles. The van der Waals surface area contributed by atoms with Gasteiger partial charge in [0.05, 0.1) is 5.41 Å². The van der Waals surface area contributed by atoms with Crippen molar-refractivity contribution >= 4 is 17.7 Å². The minimum absolute atomic E-state index is 0.105. The number of nitrogens with one attached hydrogen (secondary N) is 1. The zero-order valence-corrected chi connectivity index (χ0v) is 21.6. The summed E-state index contributed by atoms with van der Waals surface area (Å²) in [5, 5.41) is 3.69. The van der Waals surface area contributed by atoms with Gasteiger partial charge in [0.15, 0.2) is 0 Å². The summed E-state index contributed by atoms with van der Waals surface area (Å²) in [4.78, 5) is 39.4. The van der Waals surface area contributed by atoms with Gasteiger partial charge in [0.25, 0.3) is 0 Å². The second kappa shape index (κ2) is 11.3. The number of piperidine rings is 1. The van der Waals surface area contributed by atoms with Crippen LogP contribution in [0.5, 0.6) is 0 Å². The number of hydrogen-bond donors (Lipinski definition) is 1. The number of imide groups is 3. The van der Waals surface area contributed by atoms with Gasteiger partial charge in [0.2, 0.25) is 17.7 Å². The molecule has 2 fully saturated rings. The smallest absolute Gasteiger partial charge is 0.243 e. The number of nitrogens with zero attached hydrogens (tertiary/aromatic N) is 1. The van der Waals surface area contributed by atoms with Crippen molar-refractivity contribution in [2.24, 2.45) is 11.3 Å². The molecule has 2 aliphatic rings. The summed E-state index contributed by atoms with van der Waals surface area (Å²) in [6, 6.07) is 0. The Morgan fingerprint density at radius 3 is 1.78 bits per heavy atom. The van der Waals surface area contributed by atoms with Crippen molar-refractivity contribution in [3.8, 4) is 0 Å². The van der Waals surface area contributed by atoms with Crippen LogP contribution in [0.15, 0.2) is 0 Å². The quantitative estimate of drug-likeness (QED) is 0.287. The van der Waals surface area contributed by atoms with Gasteiger partial charge in [-0.1, -0.05) is 71.1 Å². The third-order valence-electron chi connectivity index (χ3n) is 7.61. The minimum Gasteiger partial charge on any atom is -0.307 e. The molecule has 1 N–H and O–H groups in total. The summed E-state index contributed by atoms with van der Waals surface area (Å²) in [5.74, 6) is -0.862. The third-order valence-corrected chi connectivity index (χ3v) is 7.61. The summed E-state index contributed by atoms with van der Waals surface area (Å²) in [7, 11) is 0. The maximum atomic E-state index is 13.6. The van der Waals surface area contributed by atoms with Gasteiger partial charge >= 0.3 is 0 Å². The number of amides is 3. The van der Waals surface area contributed by atoms with Crippen LogP contribution in [-0.4, -0.2) is 33.7 Å². The molecule has 0 saturated carbocycles. The number of hydrogen-bond acceptors (Lipinski definition) is 4. The van der Waals surface area contributed by atoms with Crippen LogP contribution in [0.3, 0.4) is 0 Å². The van der Waals surface area contributed by atoms with E-state index < -0.39 is 11.3 Å². The molecule has 3 amide bonds. The Morgan fingerprint density at radius 2 is 1.34 bits per heavy atom. The van der Waals surface area contributed by atoms with Crippen molar-refractivity contribution in [3.05, 3.63) is 0 Å². The number of carbonyl (C=O) groups is 3. The van der Waals surface area contributed by atoms with Crippen molar-refractivity contribution in [2.45, 2.75) is 143 Å². The van der Waals surface area contributed by atoms with E-state index in [9.17, 15) is 14.4 Å². The zero-order chi connectivity index (χ0) is 24.0. The van der Waals surface area contributed by atoms with Crippen molar-refractivity contribution < 1.29 is 14.4 Å². The molecule has 0 aliphatic carbocycles. The van der Waals surface area contributed by atoms with Gasteiger partial charge in [-0.05, 0) is 52.9 Å². The summed E-state index contributed by atoms with van der Waals surface area (Å²) >= 11 is 0. The zero-order valence-electron chi connectivity index (χ0n) is 21.6. The van der Waals surface area contributed by atoms with Crippen LogP contribution in [0.25, 0.3) is 0 Å². The maximum Gasteiger partial charge on any atom is 0.243 e. The van der Waals surface area contributed by atoms with Crippen LogP contribution in [0.2, 0.25) is 0 Å². The Labute approximate surface area is 196 Å². The topological polar surface area (TPSA) is 66.5 Å². The Hall–Kier alpha value is -1.23. The molecule has 184 valence electrons. The van der Waals surface area contributed by atoms with E-state index >= 15 is 0 Å². The summed E-state index contributed by atoms with van der Waals surface area (Å²) in [6.07, 6.45) is 15.0. The Bertz CT molecular complexity index is 654. The molecule has 0 spiro atoms. The van der Waals surface area contributed by atoms with E-state index in [0.717, 1.165) is 30.6 Å². The first kappa shape index (κ1) is 27.0. The van der Waals surface area contributed by atoms with E-state index in [1.807, 2.05) is 0 Å². The lowest BCUT2D eigenvalue weighted by atomic mass is 9.61. The molecule has 0 radical (unpaired) electrons. The standard InChI is InChI=1S/C27H48N2O3/c1-7-8-9-10-11-12-13-14-15-16-17-27(20-23(31)29(21(2)30)24(27)32)22-18-25(3,4)28-26(5,6)19-22/h22,28H,7-20H2,1-6H3. The van der Waals surface area contributed by atoms with Gasteiger partial charge in [-0.3, -0.25) is 14.4 Å². The second-order valence-electron chi connectivity index (χ2n) is 11.8. The van der Waals surface area contributed by atoms with Crippen molar-refractivity contribution in [1.82, 2.24) is 10.2 Å². The Balaban J connectivity index is 2.02. The highest BCUT2D eigenvalue weighted by atomic mass is 16.2. The molecule has 0 aromatic heterocycles. The molecule has 32 heavy (non-hydrogen) atoms. The molecule has 0 aromatic carbocycles. The fourth-order valence-electron chi connectivity index (χ4n) is 6.44. The van der Waals surface area contributed by atoms with Crippen molar-refractivity contribution in [3.63, 3.8) is 0 Å². The summed E-state index contributed by atoms with van der Waals surface area (Å²) in [5.41, 5.74) is -0.937. The number of rotatable bonds is 12. The summed E-state index contributed by atoms with van der Waals surface area (Å²) < 4.78 is 0. The second-order valence-corrected chi connectivity index (χ2v) is 11.8. The van der Waals surface area contributed by atoms with Crippen LogP contribution in [0.4, 0.5) is 0 Å². The van der Waals surface area contributed by atoms with Gasteiger partial charge in [-0.15, -0.1) is 0 Å². The van der Waals surface area contributed by atoms with Crippen molar-refractivity contribution in [2.75, 3.05) is 0 Å². The summed E-state index contributed by atoms with van der Waals surface area (Å²) in [6.45, 7) is 12.3. The lowest BCUT2D eigenvalue weighted by molar-refractivity contribution is -0.152. The average Bonchev–Trinajstić information content (AvgIpc) is 2.91. The monoisotopic (exact) mass is 448 g/mol. The molecule has 1 unspecified atom stereocenters. The lowest BCUT2D eigenvalue weighted by Crippen LogP contribution is -2.61. The first-order chi connectivity index (χ1) is 14.9. The molecule has 0 bridgehead atoms. The van der Waals surface area contributed by atoms with E-state index in [1.54, 1.807) is 0 Å². The van der Waals surface area contributed by atoms with Crippen LogP contribution in [0, 0.1) is 11.3 Å². The molecule has 2 heterocycles. The third kappa shape index (κ3) is 6.88. The number of likely N-dealkylation sites (tertiary alicyclic amines) is 1. The van der Waals surface area contributed by atoms with Crippen LogP contribution < -0.4 is 5.32 Å². The number of carbonyl (C=O) groups excluding carboxylic acids is 3. The van der Waals surface area contributed by atoms with Crippen LogP contribution in [-0.2, 0) is 14.4 Å². The van der Waals surface area contributed by atoms with Gasteiger partial charge < -0.3 is 5.32 Å². The Kier molecular flexibility index (Phi) is 9.51. The molecule has 0 aromatic rings. The van der Waals surface area contributed by atoms with E-state index in [1.165, 1.54) is 58.3 Å². The normalized spacial score (nSPS) is 25.5. The molecule has 2 aliphatic heterocycles. The van der Waals surface area contributed by atoms with Gasteiger partial charge in [0, 0.05) is 24.4 Å². The van der Waals surface area contributed by atoms with Crippen LogP contribution >= 0.6 is 0 Å². The van der Waals surface area contributed by atoms with E-state index in [2.05, 4.69) is 39.9 Å². The molecular formula is C27H48N2O3. The number of unbranched alkanes of at least 4 members (excludes halogenated alkanes) is 9. The highest BCUT2D eigenvalue weighted by Gasteiger charge is 2.59. The molecular weight excluding hydrogens is 400 g/mol. The molecule has 5 nitrogen and oxygen atoms in total. The van der Waals surface area contributed by atoms with Crippen molar-refractivity contribution in [1.29, 1.82) is 0 Å². The first-order valence-electron chi connectivity index (χ1n) is 13.1.